The van der Waals surface area contributed by atoms with E-state index in [4.69, 9.17) is 0 Å². The molecule has 1 saturated heterocycles. The maximum Gasteiger partial charge on any atom is 0.0181 e. The Morgan fingerprint density at radius 3 is 2.06 bits per heavy atom. The van der Waals surface area contributed by atoms with E-state index in [0.29, 0.717) is 5.54 Å². The molecule has 16 heavy (non-hydrogen) atoms. The van der Waals surface area contributed by atoms with E-state index in [1.807, 2.05) is 0 Å². The average molecular weight is 223 g/mol. The standard InChI is InChI=1S/C15H29N/c1-13(2)14-7-9-15(3,10-8-14)16-11-5-4-6-12-16/h13-14H,4-12H2,1-3H3. The lowest BCUT2D eigenvalue weighted by molar-refractivity contribution is 0.0287. The number of likely N-dealkylation sites (tertiary alicyclic amines) is 1. The Kier molecular flexibility index (Phi) is 3.94. The first kappa shape index (κ1) is 12.4. The molecule has 0 aromatic heterocycles. The van der Waals surface area contributed by atoms with Crippen molar-refractivity contribution in [3.05, 3.63) is 0 Å². The summed E-state index contributed by atoms with van der Waals surface area (Å²) in [6.07, 6.45) is 10.1. The largest absolute Gasteiger partial charge is 0.298 e. The molecule has 1 aliphatic heterocycles. The zero-order valence-electron chi connectivity index (χ0n) is 11.5. The van der Waals surface area contributed by atoms with Gasteiger partial charge in [-0.2, -0.15) is 0 Å². The second-order valence-corrected chi connectivity index (χ2v) is 6.63. The minimum atomic E-state index is 0.547. The van der Waals surface area contributed by atoms with E-state index in [1.54, 1.807) is 0 Å². The Hall–Kier alpha value is -0.0400. The Morgan fingerprint density at radius 1 is 1.00 bits per heavy atom. The lowest BCUT2D eigenvalue weighted by atomic mass is 9.72. The quantitative estimate of drug-likeness (QED) is 0.682. The molecular weight excluding hydrogens is 194 g/mol. The van der Waals surface area contributed by atoms with Crippen molar-refractivity contribution in [1.29, 1.82) is 0 Å². The summed E-state index contributed by atoms with van der Waals surface area (Å²) < 4.78 is 0. The average Bonchev–Trinajstić information content (AvgIpc) is 2.31. The van der Waals surface area contributed by atoms with Gasteiger partial charge in [0, 0.05) is 5.54 Å². The van der Waals surface area contributed by atoms with Gasteiger partial charge in [0.1, 0.15) is 0 Å². The van der Waals surface area contributed by atoms with Crippen LogP contribution in [0.5, 0.6) is 0 Å². The fourth-order valence-corrected chi connectivity index (χ4v) is 3.68. The fraction of sp³-hybridized carbons (Fsp3) is 1.00. The van der Waals surface area contributed by atoms with Crippen LogP contribution in [0.3, 0.4) is 0 Å². The number of rotatable bonds is 2. The topological polar surface area (TPSA) is 3.24 Å². The van der Waals surface area contributed by atoms with Crippen LogP contribution in [0.2, 0.25) is 0 Å². The first-order chi connectivity index (χ1) is 7.62. The maximum absolute atomic E-state index is 2.80. The number of piperidine rings is 1. The van der Waals surface area contributed by atoms with Crippen molar-refractivity contribution in [1.82, 2.24) is 4.90 Å². The first-order valence-corrected chi connectivity index (χ1v) is 7.37. The van der Waals surface area contributed by atoms with Gasteiger partial charge in [0.2, 0.25) is 0 Å². The van der Waals surface area contributed by atoms with Crippen molar-refractivity contribution in [3.63, 3.8) is 0 Å². The Morgan fingerprint density at radius 2 is 1.56 bits per heavy atom. The van der Waals surface area contributed by atoms with Crippen LogP contribution in [-0.4, -0.2) is 23.5 Å². The van der Waals surface area contributed by atoms with Crippen LogP contribution in [0.1, 0.15) is 65.7 Å². The van der Waals surface area contributed by atoms with E-state index in [1.165, 1.54) is 58.0 Å². The van der Waals surface area contributed by atoms with E-state index in [0.717, 1.165) is 11.8 Å². The van der Waals surface area contributed by atoms with Crippen molar-refractivity contribution < 1.29 is 0 Å². The van der Waals surface area contributed by atoms with E-state index < -0.39 is 0 Å². The number of hydrogen-bond donors (Lipinski definition) is 0. The Labute approximate surface area is 102 Å². The molecule has 2 fully saturated rings. The highest BCUT2D eigenvalue weighted by Crippen LogP contribution is 2.39. The SMILES string of the molecule is CC(C)C1CCC(C)(N2CCCCC2)CC1. The molecule has 1 heteroatoms. The van der Waals surface area contributed by atoms with Crippen LogP contribution in [0.25, 0.3) is 0 Å². The van der Waals surface area contributed by atoms with Crippen LogP contribution in [-0.2, 0) is 0 Å². The molecule has 1 heterocycles. The normalized spacial score (nSPS) is 37.9. The van der Waals surface area contributed by atoms with E-state index in [2.05, 4.69) is 25.7 Å². The molecule has 2 aliphatic rings. The first-order valence-electron chi connectivity index (χ1n) is 7.37. The number of nitrogens with zero attached hydrogens (tertiary/aromatic N) is 1. The molecule has 94 valence electrons. The molecule has 0 bridgehead atoms. The van der Waals surface area contributed by atoms with Crippen molar-refractivity contribution in [2.45, 2.75) is 71.3 Å². The Balaban J connectivity index is 1.89. The van der Waals surface area contributed by atoms with Gasteiger partial charge in [-0.05, 0) is 70.4 Å². The maximum atomic E-state index is 2.80. The predicted molar refractivity (Wildman–Crippen MR) is 70.6 cm³/mol. The zero-order chi connectivity index (χ0) is 11.6. The summed E-state index contributed by atoms with van der Waals surface area (Å²) in [7, 11) is 0. The van der Waals surface area contributed by atoms with Crippen LogP contribution in [0, 0.1) is 11.8 Å². The minimum absolute atomic E-state index is 0.547. The van der Waals surface area contributed by atoms with Crippen molar-refractivity contribution in [2.75, 3.05) is 13.1 Å². The third kappa shape index (κ3) is 2.61. The van der Waals surface area contributed by atoms with Crippen molar-refractivity contribution in [3.8, 4) is 0 Å². The van der Waals surface area contributed by atoms with Gasteiger partial charge >= 0.3 is 0 Å². The third-order valence-corrected chi connectivity index (χ3v) is 5.17. The highest BCUT2D eigenvalue weighted by atomic mass is 15.2. The van der Waals surface area contributed by atoms with Gasteiger partial charge in [-0.25, -0.2) is 0 Å². The smallest absolute Gasteiger partial charge is 0.0181 e. The molecule has 0 radical (unpaired) electrons. The van der Waals surface area contributed by atoms with Crippen LogP contribution in [0.4, 0.5) is 0 Å². The molecule has 1 saturated carbocycles. The van der Waals surface area contributed by atoms with Gasteiger partial charge in [-0.1, -0.05) is 20.3 Å². The van der Waals surface area contributed by atoms with Gasteiger partial charge in [-0.15, -0.1) is 0 Å². The molecular formula is C15H29N. The predicted octanol–water partition coefficient (Wildman–Crippen LogP) is 4.08. The van der Waals surface area contributed by atoms with E-state index >= 15 is 0 Å². The summed E-state index contributed by atoms with van der Waals surface area (Å²) in [5.41, 5.74) is 0.547. The molecule has 1 nitrogen and oxygen atoms in total. The van der Waals surface area contributed by atoms with E-state index in [-0.39, 0.29) is 0 Å². The van der Waals surface area contributed by atoms with Crippen molar-refractivity contribution in [2.24, 2.45) is 11.8 Å². The molecule has 0 aromatic carbocycles. The fourth-order valence-electron chi connectivity index (χ4n) is 3.68. The molecule has 0 aromatic rings. The summed E-state index contributed by atoms with van der Waals surface area (Å²) in [5, 5.41) is 0. The third-order valence-electron chi connectivity index (χ3n) is 5.17. The van der Waals surface area contributed by atoms with Gasteiger partial charge in [0.25, 0.3) is 0 Å². The molecule has 0 N–H and O–H groups in total. The molecule has 0 spiro atoms. The second kappa shape index (κ2) is 5.08. The van der Waals surface area contributed by atoms with Gasteiger partial charge in [0.15, 0.2) is 0 Å². The molecule has 1 aliphatic carbocycles. The molecule has 0 amide bonds. The van der Waals surface area contributed by atoms with Crippen molar-refractivity contribution >= 4 is 0 Å². The summed E-state index contributed by atoms with van der Waals surface area (Å²) in [6, 6.07) is 0. The lowest BCUT2D eigenvalue weighted by Crippen LogP contribution is -2.51. The van der Waals surface area contributed by atoms with Gasteiger partial charge < -0.3 is 0 Å². The van der Waals surface area contributed by atoms with Crippen LogP contribution in [0.15, 0.2) is 0 Å². The minimum Gasteiger partial charge on any atom is -0.298 e. The summed E-state index contributed by atoms with van der Waals surface area (Å²) in [4.78, 5) is 2.80. The molecule has 0 atom stereocenters. The van der Waals surface area contributed by atoms with E-state index in [9.17, 15) is 0 Å². The second-order valence-electron chi connectivity index (χ2n) is 6.63. The zero-order valence-corrected chi connectivity index (χ0v) is 11.5. The molecule has 2 rings (SSSR count). The molecule has 0 unspecified atom stereocenters. The summed E-state index contributed by atoms with van der Waals surface area (Å²) in [6.45, 7) is 10.0. The lowest BCUT2D eigenvalue weighted by Gasteiger charge is -2.48. The highest BCUT2D eigenvalue weighted by Gasteiger charge is 2.36. The summed E-state index contributed by atoms with van der Waals surface area (Å²) >= 11 is 0. The number of hydrogen-bond acceptors (Lipinski definition) is 1. The van der Waals surface area contributed by atoms with Gasteiger partial charge in [0.05, 0.1) is 0 Å². The highest BCUT2D eigenvalue weighted by molar-refractivity contribution is 4.92. The monoisotopic (exact) mass is 223 g/mol. The Bertz CT molecular complexity index is 207. The summed E-state index contributed by atoms with van der Waals surface area (Å²) in [5.74, 6) is 1.89. The van der Waals surface area contributed by atoms with Crippen LogP contribution < -0.4 is 0 Å². The van der Waals surface area contributed by atoms with Gasteiger partial charge in [-0.3, -0.25) is 4.90 Å². The van der Waals surface area contributed by atoms with Crippen LogP contribution >= 0.6 is 0 Å².